The van der Waals surface area contributed by atoms with E-state index in [1.807, 2.05) is 6.92 Å². The number of quaternary nitrogens is 1. The Morgan fingerprint density at radius 3 is 3.08 bits per heavy atom. The summed E-state index contributed by atoms with van der Waals surface area (Å²) in [5, 5.41) is 1.01. The predicted octanol–water partition coefficient (Wildman–Crippen LogP) is 1.80. The van der Waals surface area contributed by atoms with Crippen molar-refractivity contribution in [3.8, 4) is 0 Å². The third-order valence-corrected chi connectivity index (χ3v) is 4.72. The van der Waals surface area contributed by atoms with E-state index in [-0.39, 0.29) is 17.3 Å². The first-order chi connectivity index (χ1) is 11.6. The van der Waals surface area contributed by atoms with Crippen molar-refractivity contribution < 1.29 is 18.8 Å². The van der Waals surface area contributed by atoms with Crippen LogP contribution in [0.5, 0.6) is 0 Å². The van der Waals surface area contributed by atoms with Crippen LogP contribution in [0, 0.1) is 5.92 Å². The van der Waals surface area contributed by atoms with Gasteiger partial charge in [-0.15, -0.1) is 0 Å². The molecule has 1 fully saturated rings. The fraction of sp³-hybridized carbons (Fsp3) is 0.444. The molecule has 2 heterocycles. The molecule has 3 rings (SSSR count). The Balaban J connectivity index is 1.78. The lowest BCUT2D eigenvalue weighted by Crippen LogP contribution is -3.12. The number of hydrogen-bond donors (Lipinski definition) is 1. The second kappa shape index (κ2) is 7.36. The number of fused-ring (bicyclic) bond motifs is 1. The van der Waals surface area contributed by atoms with Gasteiger partial charge < -0.3 is 14.1 Å². The number of hydrogen-bond acceptors (Lipinski definition) is 4. The van der Waals surface area contributed by atoms with Crippen LogP contribution in [-0.4, -0.2) is 25.7 Å². The van der Waals surface area contributed by atoms with Crippen molar-refractivity contribution in [1.29, 1.82) is 0 Å². The Morgan fingerprint density at radius 2 is 2.29 bits per heavy atom. The van der Waals surface area contributed by atoms with E-state index in [4.69, 9.17) is 20.8 Å². The maximum atomic E-state index is 12.6. The van der Waals surface area contributed by atoms with Crippen molar-refractivity contribution in [3.63, 3.8) is 0 Å². The van der Waals surface area contributed by atoms with Crippen LogP contribution in [-0.2, 0) is 16.1 Å². The van der Waals surface area contributed by atoms with E-state index in [9.17, 15) is 9.59 Å². The van der Waals surface area contributed by atoms with Gasteiger partial charge in [0.05, 0.1) is 30.6 Å². The van der Waals surface area contributed by atoms with Crippen LogP contribution >= 0.6 is 11.6 Å². The second-order valence-corrected chi connectivity index (χ2v) is 6.64. The van der Waals surface area contributed by atoms with Crippen molar-refractivity contribution in [2.24, 2.45) is 5.92 Å². The summed E-state index contributed by atoms with van der Waals surface area (Å²) in [4.78, 5) is 25.8. The average Bonchev–Trinajstić information content (AvgIpc) is 2.58. The van der Waals surface area contributed by atoms with E-state index in [1.54, 1.807) is 18.2 Å². The summed E-state index contributed by atoms with van der Waals surface area (Å²) in [7, 11) is 0. The van der Waals surface area contributed by atoms with E-state index in [0.29, 0.717) is 41.3 Å². The molecule has 0 bridgehead atoms. The lowest BCUT2D eigenvalue weighted by Gasteiger charge is -2.28. The number of benzene rings is 1. The third-order valence-electron chi connectivity index (χ3n) is 4.48. The summed E-state index contributed by atoms with van der Waals surface area (Å²) in [6.07, 6.45) is 3.33. The number of likely N-dealkylation sites (tertiary alicyclic amines) is 1. The van der Waals surface area contributed by atoms with Gasteiger partial charge in [-0.3, -0.25) is 9.59 Å². The van der Waals surface area contributed by atoms with Crippen molar-refractivity contribution in [2.75, 3.05) is 19.7 Å². The molecule has 2 aromatic rings. The topological polar surface area (TPSA) is 61.0 Å². The molecule has 1 aliphatic heterocycles. The lowest BCUT2D eigenvalue weighted by atomic mass is 9.98. The van der Waals surface area contributed by atoms with Gasteiger partial charge in [-0.25, -0.2) is 0 Å². The molecule has 6 heteroatoms. The van der Waals surface area contributed by atoms with Crippen LogP contribution in [0.15, 0.2) is 33.7 Å². The summed E-state index contributed by atoms with van der Waals surface area (Å²) < 4.78 is 10.7. The summed E-state index contributed by atoms with van der Waals surface area (Å²) >= 11 is 5.98. The molecule has 1 aromatic heterocycles. The first kappa shape index (κ1) is 17.0. The highest BCUT2D eigenvalue weighted by Gasteiger charge is 2.30. The minimum Gasteiger partial charge on any atom is -0.466 e. The van der Waals surface area contributed by atoms with Gasteiger partial charge in [-0.05, 0) is 38.0 Å². The highest BCUT2D eigenvalue weighted by atomic mass is 35.5. The van der Waals surface area contributed by atoms with Gasteiger partial charge in [-0.1, -0.05) is 11.6 Å². The van der Waals surface area contributed by atoms with Crippen molar-refractivity contribution in [2.45, 2.75) is 26.3 Å². The molecule has 0 aliphatic carbocycles. The number of rotatable bonds is 4. The van der Waals surface area contributed by atoms with Gasteiger partial charge in [-0.2, -0.15) is 0 Å². The summed E-state index contributed by atoms with van der Waals surface area (Å²) in [5.74, 6) is -0.220. The minimum atomic E-state index is -0.132. The number of ether oxygens (including phenoxy) is 1. The molecule has 1 aliphatic rings. The molecule has 0 amide bonds. The molecule has 0 radical (unpaired) electrons. The van der Waals surface area contributed by atoms with Gasteiger partial charge in [0.1, 0.15) is 24.3 Å². The summed E-state index contributed by atoms with van der Waals surface area (Å²) in [5.41, 5.74) is 1.10. The highest BCUT2D eigenvalue weighted by molar-refractivity contribution is 6.31. The fourth-order valence-corrected chi connectivity index (χ4v) is 3.48. The normalized spacial score (nSPS) is 20.9. The highest BCUT2D eigenvalue weighted by Crippen LogP contribution is 2.17. The Labute approximate surface area is 145 Å². The molecule has 1 N–H and O–H groups in total. The van der Waals surface area contributed by atoms with Crippen LogP contribution in [0.4, 0.5) is 0 Å². The molecule has 1 unspecified atom stereocenters. The van der Waals surface area contributed by atoms with Crippen LogP contribution in [0.2, 0.25) is 5.02 Å². The Bertz CT molecular complexity index is 801. The number of carbonyl (C=O) groups is 1. The number of piperidine rings is 1. The number of carbonyl (C=O) groups excluding carboxylic acids is 1. The Hall–Kier alpha value is -1.85. The SMILES string of the molecule is CCOC(=O)[C@H]1CCC[NH+](Cc2coc3ccc(Cl)cc3c2=O)C1. The third kappa shape index (κ3) is 3.62. The van der Waals surface area contributed by atoms with Gasteiger partial charge in [0.15, 0.2) is 0 Å². The van der Waals surface area contributed by atoms with Crippen LogP contribution in [0.1, 0.15) is 25.3 Å². The largest absolute Gasteiger partial charge is 0.466 e. The zero-order chi connectivity index (χ0) is 17.1. The van der Waals surface area contributed by atoms with Gasteiger partial charge >= 0.3 is 5.97 Å². The molecule has 128 valence electrons. The van der Waals surface area contributed by atoms with E-state index in [2.05, 4.69) is 0 Å². The minimum absolute atomic E-state index is 0.0514. The first-order valence-electron chi connectivity index (χ1n) is 8.28. The van der Waals surface area contributed by atoms with E-state index < -0.39 is 0 Å². The zero-order valence-corrected chi connectivity index (χ0v) is 14.4. The maximum Gasteiger partial charge on any atom is 0.314 e. The molecule has 1 aromatic carbocycles. The molecular formula is C18H21ClNO4+. The fourth-order valence-electron chi connectivity index (χ4n) is 3.31. The molecule has 1 saturated heterocycles. The Morgan fingerprint density at radius 1 is 1.46 bits per heavy atom. The molecular weight excluding hydrogens is 330 g/mol. The van der Waals surface area contributed by atoms with E-state index in [1.165, 1.54) is 11.2 Å². The zero-order valence-electron chi connectivity index (χ0n) is 13.6. The second-order valence-electron chi connectivity index (χ2n) is 6.20. The Kier molecular flexibility index (Phi) is 5.21. The number of esters is 1. The predicted molar refractivity (Wildman–Crippen MR) is 91.3 cm³/mol. The van der Waals surface area contributed by atoms with Crippen LogP contribution in [0.3, 0.4) is 0 Å². The van der Waals surface area contributed by atoms with E-state index >= 15 is 0 Å². The molecule has 5 nitrogen and oxygen atoms in total. The van der Waals surface area contributed by atoms with Crippen molar-refractivity contribution in [1.82, 2.24) is 0 Å². The molecule has 24 heavy (non-hydrogen) atoms. The smallest absolute Gasteiger partial charge is 0.314 e. The standard InChI is InChI=1S/C18H20ClNO4/c1-2-23-18(22)12-4-3-7-20(9-12)10-13-11-24-16-6-5-14(19)8-15(16)17(13)21/h5-6,8,11-12H,2-4,7,9-10H2,1H3/p+1/t12-/m0/s1. The summed E-state index contributed by atoms with van der Waals surface area (Å²) in [6.45, 7) is 4.38. The quantitative estimate of drug-likeness (QED) is 0.854. The average molecular weight is 351 g/mol. The van der Waals surface area contributed by atoms with Crippen LogP contribution in [0.25, 0.3) is 11.0 Å². The van der Waals surface area contributed by atoms with E-state index in [0.717, 1.165) is 19.4 Å². The molecule has 2 atom stereocenters. The number of halogens is 1. The monoisotopic (exact) mass is 350 g/mol. The molecule has 0 spiro atoms. The summed E-state index contributed by atoms with van der Waals surface area (Å²) in [6, 6.07) is 5.04. The lowest BCUT2D eigenvalue weighted by molar-refractivity contribution is -0.921. The van der Waals surface area contributed by atoms with Crippen molar-refractivity contribution >= 4 is 28.5 Å². The molecule has 0 saturated carbocycles. The maximum absolute atomic E-state index is 12.6. The van der Waals surface area contributed by atoms with Crippen molar-refractivity contribution in [3.05, 3.63) is 45.3 Å². The number of nitrogens with one attached hydrogen (secondary N) is 1. The first-order valence-corrected chi connectivity index (χ1v) is 8.66. The van der Waals surface area contributed by atoms with Crippen LogP contribution < -0.4 is 10.3 Å². The van der Waals surface area contributed by atoms with Gasteiger partial charge in [0.25, 0.3) is 0 Å². The van der Waals surface area contributed by atoms with Gasteiger partial charge in [0.2, 0.25) is 5.43 Å². The van der Waals surface area contributed by atoms with Gasteiger partial charge in [0, 0.05) is 5.02 Å².